The lowest BCUT2D eigenvalue weighted by atomic mass is 9.90. The fraction of sp³-hybridized carbons (Fsp3) is 0.654. The highest BCUT2D eigenvalue weighted by Crippen LogP contribution is 2.24. The smallest absolute Gasteiger partial charge is 0.317 e. The van der Waals surface area contributed by atoms with Gasteiger partial charge in [0, 0.05) is 32.8 Å². The lowest BCUT2D eigenvalue weighted by molar-refractivity contribution is -0.126. The van der Waals surface area contributed by atoms with Gasteiger partial charge in [0.2, 0.25) is 5.91 Å². The molecular formula is C26H42N8O4. The molecule has 3 rings (SSSR count). The van der Waals surface area contributed by atoms with Crippen LogP contribution in [0.2, 0.25) is 0 Å². The third-order valence-electron chi connectivity index (χ3n) is 6.49. The molecule has 1 heterocycles. The molecule has 3 amide bonds. The zero-order chi connectivity index (χ0) is 27.5. The number of nitrogens with two attached hydrogens (primary N) is 1. The number of para-hydroxylation sites is 1. The standard InChI is InChI=1S/C26H42N8O4/c1-26(2,27)24(35)29-21(18-37-17-19-10-6-5-7-11-19)23-30-31-32-34(23)14-15-38-22-13-9-8-12-20(22)16-28-25(36)33(3)4/h8-9,12-13,19,21H,5-7,10-11,14-18,27H2,1-4H3,(H,28,36)(H,29,35)/t21-/m1/s1. The summed E-state index contributed by atoms with van der Waals surface area (Å²) in [5, 5.41) is 17.9. The van der Waals surface area contributed by atoms with E-state index in [1.54, 1.807) is 32.6 Å². The molecule has 1 aliphatic rings. The number of aromatic nitrogens is 4. The highest BCUT2D eigenvalue weighted by molar-refractivity contribution is 5.85. The van der Waals surface area contributed by atoms with Crippen LogP contribution in [0.3, 0.4) is 0 Å². The second-order valence-electron chi connectivity index (χ2n) is 10.6. The van der Waals surface area contributed by atoms with Crippen molar-refractivity contribution in [2.45, 2.75) is 70.6 Å². The number of nitrogens with one attached hydrogen (secondary N) is 2. The molecule has 1 aromatic heterocycles. The molecule has 12 heteroatoms. The van der Waals surface area contributed by atoms with E-state index in [1.165, 1.54) is 37.0 Å². The SMILES string of the molecule is CN(C)C(=O)NCc1ccccc1OCCn1nnnc1[C@@H](COCC1CCCCC1)NC(=O)C(C)(C)N. The molecule has 38 heavy (non-hydrogen) atoms. The molecule has 0 radical (unpaired) electrons. The molecular weight excluding hydrogens is 488 g/mol. The Hall–Kier alpha value is -3.25. The van der Waals surface area contributed by atoms with Crippen LogP contribution in [0.5, 0.6) is 5.75 Å². The number of hydrogen-bond acceptors (Lipinski definition) is 8. The monoisotopic (exact) mass is 530 g/mol. The predicted octanol–water partition coefficient (Wildman–Crippen LogP) is 2.01. The molecule has 0 saturated heterocycles. The highest BCUT2D eigenvalue weighted by Gasteiger charge is 2.29. The Balaban J connectivity index is 1.62. The van der Waals surface area contributed by atoms with Gasteiger partial charge in [-0.1, -0.05) is 37.5 Å². The summed E-state index contributed by atoms with van der Waals surface area (Å²) in [5.74, 6) is 1.36. The maximum Gasteiger partial charge on any atom is 0.317 e. The van der Waals surface area contributed by atoms with Crippen LogP contribution in [0.4, 0.5) is 4.79 Å². The average molecular weight is 531 g/mol. The number of carbonyl (C=O) groups excluding carboxylic acids is 2. The molecule has 2 aromatic rings. The van der Waals surface area contributed by atoms with E-state index in [-0.39, 0.29) is 25.2 Å². The second kappa shape index (κ2) is 14.1. The van der Waals surface area contributed by atoms with Gasteiger partial charge in [0.1, 0.15) is 18.4 Å². The second-order valence-corrected chi connectivity index (χ2v) is 10.6. The number of nitrogens with zero attached hydrogens (tertiary/aromatic N) is 5. The van der Waals surface area contributed by atoms with Gasteiger partial charge in [-0.3, -0.25) is 4.79 Å². The van der Waals surface area contributed by atoms with Gasteiger partial charge in [0.05, 0.1) is 18.7 Å². The third kappa shape index (κ3) is 8.95. The lowest BCUT2D eigenvalue weighted by Gasteiger charge is -2.25. The Morgan fingerprint density at radius 3 is 2.66 bits per heavy atom. The van der Waals surface area contributed by atoms with Gasteiger partial charge in [-0.25, -0.2) is 9.48 Å². The van der Waals surface area contributed by atoms with E-state index in [4.69, 9.17) is 15.2 Å². The number of urea groups is 1. The minimum absolute atomic E-state index is 0.183. The van der Waals surface area contributed by atoms with Gasteiger partial charge in [0.25, 0.3) is 0 Å². The first kappa shape index (κ1) is 29.3. The summed E-state index contributed by atoms with van der Waals surface area (Å²) in [6.07, 6.45) is 6.09. The van der Waals surface area contributed by atoms with Crippen LogP contribution in [0, 0.1) is 5.92 Å². The number of carbonyl (C=O) groups is 2. The van der Waals surface area contributed by atoms with Gasteiger partial charge in [0.15, 0.2) is 5.82 Å². The molecule has 1 aromatic carbocycles. The molecule has 0 unspecified atom stereocenters. The fourth-order valence-electron chi connectivity index (χ4n) is 4.21. The maximum atomic E-state index is 12.7. The molecule has 0 aliphatic heterocycles. The highest BCUT2D eigenvalue weighted by atomic mass is 16.5. The van der Waals surface area contributed by atoms with E-state index in [2.05, 4.69) is 26.2 Å². The summed E-state index contributed by atoms with van der Waals surface area (Å²) < 4.78 is 13.7. The minimum atomic E-state index is -1.06. The molecule has 0 spiro atoms. The first-order valence-corrected chi connectivity index (χ1v) is 13.2. The van der Waals surface area contributed by atoms with Crippen LogP contribution >= 0.6 is 0 Å². The average Bonchev–Trinajstić information content (AvgIpc) is 3.35. The number of rotatable bonds is 13. The molecule has 1 aliphatic carbocycles. The number of benzene rings is 1. The quantitative estimate of drug-likeness (QED) is 0.356. The van der Waals surface area contributed by atoms with E-state index < -0.39 is 11.6 Å². The van der Waals surface area contributed by atoms with Crippen LogP contribution < -0.4 is 21.1 Å². The summed E-state index contributed by atoms with van der Waals surface area (Å²) in [7, 11) is 3.37. The van der Waals surface area contributed by atoms with E-state index >= 15 is 0 Å². The van der Waals surface area contributed by atoms with E-state index in [0.29, 0.717) is 37.2 Å². The number of tetrazole rings is 1. The third-order valence-corrected chi connectivity index (χ3v) is 6.49. The molecule has 210 valence electrons. The van der Waals surface area contributed by atoms with Gasteiger partial charge in [-0.2, -0.15) is 0 Å². The predicted molar refractivity (Wildman–Crippen MR) is 142 cm³/mol. The van der Waals surface area contributed by atoms with Gasteiger partial charge >= 0.3 is 6.03 Å². The number of ether oxygens (including phenoxy) is 2. The van der Waals surface area contributed by atoms with Crippen LogP contribution in [0.1, 0.15) is 63.4 Å². The minimum Gasteiger partial charge on any atom is -0.491 e. The zero-order valence-electron chi connectivity index (χ0n) is 23.0. The van der Waals surface area contributed by atoms with Crippen molar-refractivity contribution in [3.63, 3.8) is 0 Å². The topological polar surface area (TPSA) is 150 Å². The van der Waals surface area contributed by atoms with Crippen LogP contribution in [-0.4, -0.2) is 76.5 Å². The fourth-order valence-corrected chi connectivity index (χ4v) is 4.21. The molecule has 1 atom stereocenters. The summed E-state index contributed by atoms with van der Waals surface area (Å²) in [6, 6.07) is 6.78. The van der Waals surface area contributed by atoms with Crippen molar-refractivity contribution in [1.82, 2.24) is 35.7 Å². The lowest BCUT2D eigenvalue weighted by Crippen LogP contribution is -2.51. The largest absolute Gasteiger partial charge is 0.491 e. The molecule has 4 N–H and O–H groups in total. The Bertz CT molecular complexity index is 1030. The van der Waals surface area contributed by atoms with Crippen LogP contribution in [0.25, 0.3) is 0 Å². The Kier molecular flexibility index (Phi) is 10.8. The summed E-state index contributed by atoms with van der Waals surface area (Å²) in [6.45, 7) is 5.15. The number of amides is 3. The van der Waals surface area contributed by atoms with E-state index in [1.807, 2.05) is 24.3 Å². The first-order valence-electron chi connectivity index (χ1n) is 13.2. The number of hydrogen-bond donors (Lipinski definition) is 3. The van der Waals surface area contributed by atoms with Crippen molar-refractivity contribution in [2.24, 2.45) is 11.7 Å². The summed E-state index contributed by atoms with van der Waals surface area (Å²) in [4.78, 5) is 26.1. The van der Waals surface area contributed by atoms with Gasteiger partial charge in [-0.15, -0.1) is 5.10 Å². The van der Waals surface area contributed by atoms with Gasteiger partial charge < -0.3 is 30.7 Å². The van der Waals surface area contributed by atoms with E-state index in [0.717, 1.165) is 5.56 Å². The molecule has 1 saturated carbocycles. The summed E-state index contributed by atoms with van der Waals surface area (Å²) in [5.41, 5.74) is 5.81. The maximum absolute atomic E-state index is 12.7. The first-order chi connectivity index (χ1) is 18.1. The van der Waals surface area contributed by atoms with Crippen molar-refractivity contribution in [3.8, 4) is 5.75 Å². The zero-order valence-corrected chi connectivity index (χ0v) is 23.0. The van der Waals surface area contributed by atoms with Crippen molar-refractivity contribution >= 4 is 11.9 Å². The van der Waals surface area contributed by atoms with Crippen molar-refractivity contribution in [3.05, 3.63) is 35.7 Å². The molecule has 12 nitrogen and oxygen atoms in total. The van der Waals surface area contributed by atoms with E-state index in [9.17, 15) is 9.59 Å². The molecule has 0 bridgehead atoms. The van der Waals surface area contributed by atoms with Crippen molar-refractivity contribution < 1.29 is 19.1 Å². The normalized spacial score (nSPS) is 15.1. The van der Waals surface area contributed by atoms with Crippen molar-refractivity contribution in [1.29, 1.82) is 0 Å². The molecule has 1 fully saturated rings. The van der Waals surface area contributed by atoms with Crippen LogP contribution in [0.15, 0.2) is 24.3 Å². The van der Waals surface area contributed by atoms with Crippen molar-refractivity contribution in [2.75, 3.05) is 33.9 Å². The van der Waals surface area contributed by atoms with Crippen LogP contribution in [-0.2, 0) is 22.6 Å². The Labute approximate surface area is 224 Å². The van der Waals surface area contributed by atoms with Gasteiger partial charge in [-0.05, 0) is 49.1 Å². The summed E-state index contributed by atoms with van der Waals surface area (Å²) >= 11 is 0. The Morgan fingerprint density at radius 2 is 1.95 bits per heavy atom. The Morgan fingerprint density at radius 1 is 1.21 bits per heavy atom.